The number of hydrogen-bond donors (Lipinski definition) is 1. The Hall–Kier alpha value is -1.02. The molecule has 2 atom stereocenters. The predicted octanol–water partition coefficient (Wildman–Crippen LogP) is 4.62. The van der Waals surface area contributed by atoms with Gasteiger partial charge in [-0.25, -0.2) is 0 Å². The third-order valence-electron chi connectivity index (χ3n) is 4.71. The summed E-state index contributed by atoms with van der Waals surface area (Å²) in [6, 6.07) is 8.47. The molecule has 2 N–H and O–H groups in total. The molecule has 1 aromatic rings. The lowest BCUT2D eigenvalue weighted by atomic mass is 9.83. The highest BCUT2D eigenvalue weighted by atomic mass is 16.5. The summed E-state index contributed by atoms with van der Waals surface area (Å²) in [4.78, 5) is 0. The minimum absolute atomic E-state index is 0.132. The highest BCUT2D eigenvalue weighted by molar-refractivity contribution is 5.32. The van der Waals surface area contributed by atoms with Gasteiger partial charge in [-0.15, -0.1) is 0 Å². The minimum atomic E-state index is -0.132. The average molecular weight is 275 g/mol. The van der Waals surface area contributed by atoms with Crippen LogP contribution in [0, 0.1) is 5.92 Å². The predicted molar refractivity (Wildman–Crippen MR) is 85.0 cm³/mol. The number of benzene rings is 1. The van der Waals surface area contributed by atoms with Crippen molar-refractivity contribution in [3.63, 3.8) is 0 Å². The van der Waals surface area contributed by atoms with E-state index in [0.29, 0.717) is 0 Å². The average Bonchev–Trinajstić information content (AvgIpc) is 2.68. The van der Waals surface area contributed by atoms with Crippen LogP contribution in [0.1, 0.15) is 64.4 Å². The Bertz CT molecular complexity index is 400. The third-order valence-corrected chi connectivity index (χ3v) is 4.71. The number of ether oxygens (including phenoxy) is 1. The normalized spacial score (nSPS) is 27.1. The van der Waals surface area contributed by atoms with Crippen LogP contribution in [0.15, 0.2) is 24.3 Å². The van der Waals surface area contributed by atoms with Gasteiger partial charge < -0.3 is 10.5 Å². The Morgan fingerprint density at radius 3 is 2.55 bits per heavy atom. The first-order chi connectivity index (χ1) is 9.68. The Labute approximate surface area is 123 Å². The molecular weight excluding hydrogens is 246 g/mol. The van der Waals surface area contributed by atoms with Crippen molar-refractivity contribution in [2.75, 3.05) is 6.61 Å². The standard InChI is InChI=1S/C18H29NO/c1-3-14-20-17-9-7-16(8-10-17)18(19)12-5-6-15(4-2)11-13-18/h7-10,15H,3-6,11-14,19H2,1-2H3. The number of nitrogens with two attached hydrogens (primary N) is 1. The van der Waals surface area contributed by atoms with Gasteiger partial charge in [0.1, 0.15) is 5.75 Å². The number of rotatable bonds is 5. The molecule has 1 aliphatic carbocycles. The SMILES string of the molecule is CCCOc1ccc(C2(N)CCCC(CC)CC2)cc1. The van der Waals surface area contributed by atoms with Gasteiger partial charge in [0, 0.05) is 5.54 Å². The molecule has 0 spiro atoms. The smallest absolute Gasteiger partial charge is 0.119 e. The summed E-state index contributed by atoms with van der Waals surface area (Å²) in [6.07, 6.45) is 8.41. The Morgan fingerprint density at radius 1 is 1.15 bits per heavy atom. The van der Waals surface area contributed by atoms with Gasteiger partial charge in [-0.3, -0.25) is 0 Å². The van der Waals surface area contributed by atoms with Crippen molar-refractivity contribution in [1.29, 1.82) is 0 Å². The highest BCUT2D eigenvalue weighted by Gasteiger charge is 2.30. The van der Waals surface area contributed by atoms with E-state index in [1.54, 1.807) is 0 Å². The molecule has 0 radical (unpaired) electrons. The fourth-order valence-electron chi connectivity index (χ4n) is 3.24. The van der Waals surface area contributed by atoms with E-state index in [9.17, 15) is 0 Å². The lowest BCUT2D eigenvalue weighted by Crippen LogP contribution is -2.36. The molecule has 0 amide bonds. The van der Waals surface area contributed by atoms with Gasteiger partial charge in [-0.1, -0.05) is 45.2 Å². The number of hydrogen-bond acceptors (Lipinski definition) is 2. The van der Waals surface area contributed by atoms with E-state index in [-0.39, 0.29) is 5.54 Å². The first kappa shape index (κ1) is 15.4. The maximum absolute atomic E-state index is 6.71. The summed E-state index contributed by atoms with van der Waals surface area (Å²) in [5.41, 5.74) is 7.85. The maximum atomic E-state index is 6.71. The van der Waals surface area contributed by atoms with Crippen LogP contribution in [0.25, 0.3) is 0 Å². The van der Waals surface area contributed by atoms with Gasteiger partial charge in [0.05, 0.1) is 6.61 Å². The second kappa shape index (κ2) is 7.12. The van der Waals surface area contributed by atoms with E-state index in [4.69, 9.17) is 10.5 Å². The van der Waals surface area contributed by atoms with Gasteiger partial charge in [0.15, 0.2) is 0 Å². The summed E-state index contributed by atoms with van der Waals surface area (Å²) in [5, 5.41) is 0. The summed E-state index contributed by atoms with van der Waals surface area (Å²) in [6.45, 7) is 5.21. The van der Waals surface area contributed by atoms with Crippen molar-refractivity contribution < 1.29 is 4.74 Å². The largest absolute Gasteiger partial charge is 0.494 e. The van der Waals surface area contributed by atoms with E-state index < -0.39 is 0 Å². The fourth-order valence-corrected chi connectivity index (χ4v) is 3.24. The first-order valence-electron chi connectivity index (χ1n) is 8.20. The maximum Gasteiger partial charge on any atom is 0.119 e. The van der Waals surface area contributed by atoms with Crippen LogP contribution in [0.4, 0.5) is 0 Å². The molecule has 0 saturated heterocycles. The molecule has 20 heavy (non-hydrogen) atoms. The van der Waals surface area contributed by atoms with Gasteiger partial charge in [-0.2, -0.15) is 0 Å². The summed E-state index contributed by atoms with van der Waals surface area (Å²) in [5.74, 6) is 1.83. The summed E-state index contributed by atoms with van der Waals surface area (Å²) in [7, 11) is 0. The van der Waals surface area contributed by atoms with Crippen LogP contribution in [-0.2, 0) is 5.54 Å². The lowest BCUT2D eigenvalue weighted by molar-refractivity contribution is 0.316. The van der Waals surface area contributed by atoms with Crippen LogP contribution >= 0.6 is 0 Å². The van der Waals surface area contributed by atoms with E-state index in [2.05, 4.69) is 38.1 Å². The molecule has 2 rings (SSSR count). The molecule has 2 heteroatoms. The molecule has 2 nitrogen and oxygen atoms in total. The molecule has 0 bridgehead atoms. The van der Waals surface area contributed by atoms with Crippen LogP contribution in [0.5, 0.6) is 5.75 Å². The van der Waals surface area contributed by atoms with Crippen LogP contribution < -0.4 is 10.5 Å². The van der Waals surface area contributed by atoms with Crippen molar-refractivity contribution in [2.45, 2.75) is 64.3 Å². The Balaban J connectivity index is 2.05. The highest BCUT2D eigenvalue weighted by Crippen LogP contribution is 2.37. The fraction of sp³-hybridized carbons (Fsp3) is 0.667. The summed E-state index contributed by atoms with van der Waals surface area (Å²) >= 11 is 0. The molecule has 0 aromatic heterocycles. The Kier molecular flexibility index (Phi) is 5.47. The van der Waals surface area contributed by atoms with Crippen molar-refractivity contribution in [3.05, 3.63) is 29.8 Å². The quantitative estimate of drug-likeness (QED) is 0.796. The molecule has 0 heterocycles. The van der Waals surface area contributed by atoms with Crippen molar-refractivity contribution in [1.82, 2.24) is 0 Å². The van der Waals surface area contributed by atoms with E-state index >= 15 is 0 Å². The van der Waals surface area contributed by atoms with Gasteiger partial charge >= 0.3 is 0 Å². The first-order valence-corrected chi connectivity index (χ1v) is 8.20. The monoisotopic (exact) mass is 275 g/mol. The molecule has 112 valence electrons. The van der Waals surface area contributed by atoms with Crippen molar-refractivity contribution in [3.8, 4) is 5.75 Å². The molecule has 0 aliphatic heterocycles. The zero-order valence-electron chi connectivity index (χ0n) is 13.0. The molecule has 1 saturated carbocycles. The third kappa shape index (κ3) is 3.76. The molecule has 1 aromatic carbocycles. The zero-order valence-corrected chi connectivity index (χ0v) is 13.0. The van der Waals surface area contributed by atoms with Crippen molar-refractivity contribution >= 4 is 0 Å². The topological polar surface area (TPSA) is 35.2 Å². The van der Waals surface area contributed by atoms with Gasteiger partial charge in [-0.05, 0) is 49.3 Å². The van der Waals surface area contributed by atoms with E-state index in [1.165, 1.54) is 31.2 Å². The lowest BCUT2D eigenvalue weighted by Gasteiger charge is -2.29. The van der Waals surface area contributed by atoms with Crippen molar-refractivity contribution in [2.24, 2.45) is 11.7 Å². The van der Waals surface area contributed by atoms with Crippen LogP contribution in [-0.4, -0.2) is 6.61 Å². The second-order valence-electron chi connectivity index (χ2n) is 6.23. The van der Waals surface area contributed by atoms with Gasteiger partial charge in [0.25, 0.3) is 0 Å². The zero-order chi connectivity index (χ0) is 14.4. The van der Waals surface area contributed by atoms with Crippen LogP contribution in [0.3, 0.4) is 0 Å². The van der Waals surface area contributed by atoms with Crippen LogP contribution in [0.2, 0.25) is 0 Å². The molecule has 1 fully saturated rings. The second-order valence-corrected chi connectivity index (χ2v) is 6.23. The minimum Gasteiger partial charge on any atom is -0.494 e. The summed E-state index contributed by atoms with van der Waals surface area (Å²) < 4.78 is 5.65. The molecular formula is C18H29NO. The van der Waals surface area contributed by atoms with E-state index in [0.717, 1.165) is 37.5 Å². The van der Waals surface area contributed by atoms with E-state index in [1.807, 2.05) is 0 Å². The molecule has 1 aliphatic rings. The Morgan fingerprint density at radius 2 is 1.90 bits per heavy atom. The molecule has 2 unspecified atom stereocenters. The van der Waals surface area contributed by atoms with Gasteiger partial charge in [0.2, 0.25) is 0 Å².